The molecule has 2 aromatic carbocycles. The molecule has 0 aliphatic carbocycles. The van der Waals surface area contributed by atoms with E-state index in [-0.39, 0.29) is 12.6 Å². The van der Waals surface area contributed by atoms with Gasteiger partial charge in [-0.25, -0.2) is 9.48 Å². The van der Waals surface area contributed by atoms with Crippen LogP contribution in [-0.4, -0.2) is 15.7 Å². The second kappa shape index (κ2) is 6.05. The van der Waals surface area contributed by atoms with Crippen LogP contribution in [0.5, 0.6) is 0 Å². The topological polar surface area (TPSA) is 44.1 Å². The summed E-state index contributed by atoms with van der Waals surface area (Å²) in [4.78, 5) is 11.8. The maximum absolute atomic E-state index is 11.8. The van der Waals surface area contributed by atoms with Crippen LogP contribution in [0.3, 0.4) is 0 Å². The number of hydrogen-bond acceptors (Lipinski definition) is 3. The lowest BCUT2D eigenvalue weighted by Gasteiger charge is -2.02. The first-order valence-electron chi connectivity index (χ1n) is 6.64. The smallest absolute Gasteiger partial charge is 0.338 e. The van der Waals surface area contributed by atoms with E-state index in [0.29, 0.717) is 5.56 Å². The molecule has 0 aliphatic rings. The SMILES string of the molecule is O=C(OCc1cnn(-c2ccccc2)c1)c1ccccc1. The number of rotatable bonds is 4. The standard InChI is InChI=1S/C17H14N2O2/c20-17(15-7-3-1-4-8-15)21-13-14-11-18-19(12-14)16-9-5-2-6-10-16/h1-12H,13H2. The summed E-state index contributed by atoms with van der Waals surface area (Å²) in [6, 6.07) is 18.7. The van der Waals surface area contributed by atoms with Gasteiger partial charge in [0.1, 0.15) is 6.61 Å². The van der Waals surface area contributed by atoms with Crippen LogP contribution in [0.4, 0.5) is 0 Å². The normalized spacial score (nSPS) is 10.3. The molecule has 3 rings (SSSR count). The van der Waals surface area contributed by atoms with Crippen molar-refractivity contribution < 1.29 is 9.53 Å². The highest BCUT2D eigenvalue weighted by atomic mass is 16.5. The molecule has 0 bridgehead atoms. The highest BCUT2D eigenvalue weighted by Gasteiger charge is 2.07. The Hall–Kier alpha value is -2.88. The van der Waals surface area contributed by atoms with Crippen molar-refractivity contribution in [2.45, 2.75) is 6.61 Å². The van der Waals surface area contributed by atoms with Gasteiger partial charge < -0.3 is 4.74 Å². The summed E-state index contributed by atoms with van der Waals surface area (Å²) in [5.41, 5.74) is 2.37. The first-order chi connectivity index (χ1) is 10.3. The maximum Gasteiger partial charge on any atom is 0.338 e. The summed E-state index contributed by atoms with van der Waals surface area (Å²) in [5, 5.41) is 4.26. The number of nitrogens with zero attached hydrogens (tertiary/aromatic N) is 2. The Labute approximate surface area is 122 Å². The minimum Gasteiger partial charge on any atom is -0.457 e. The molecule has 0 atom stereocenters. The summed E-state index contributed by atoms with van der Waals surface area (Å²) >= 11 is 0. The van der Waals surface area contributed by atoms with E-state index >= 15 is 0 Å². The largest absolute Gasteiger partial charge is 0.457 e. The van der Waals surface area contributed by atoms with Crippen LogP contribution in [-0.2, 0) is 11.3 Å². The number of hydrogen-bond donors (Lipinski definition) is 0. The summed E-state index contributed by atoms with van der Waals surface area (Å²) in [7, 11) is 0. The highest BCUT2D eigenvalue weighted by molar-refractivity contribution is 5.89. The van der Waals surface area contributed by atoms with E-state index in [1.807, 2.05) is 54.7 Å². The Morgan fingerprint density at radius 1 is 1.00 bits per heavy atom. The van der Waals surface area contributed by atoms with Crippen molar-refractivity contribution in [2.75, 3.05) is 0 Å². The Balaban J connectivity index is 1.64. The number of carbonyl (C=O) groups is 1. The first-order valence-corrected chi connectivity index (χ1v) is 6.64. The van der Waals surface area contributed by atoms with Crippen LogP contribution < -0.4 is 0 Å². The van der Waals surface area contributed by atoms with E-state index in [1.54, 1.807) is 23.0 Å². The summed E-state index contributed by atoms with van der Waals surface area (Å²) in [6.45, 7) is 0.209. The van der Waals surface area contributed by atoms with Crippen molar-refractivity contribution in [3.63, 3.8) is 0 Å². The molecule has 0 N–H and O–H groups in total. The molecule has 0 radical (unpaired) electrons. The predicted molar refractivity (Wildman–Crippen MR) is 79.1 cm³/mol. The van der Waals surface area contributed by atoms with Crippen molar-refractivity contribution in [1.82, 2.24) is 9.78 Å². The molecule has 0 amide bonds. The monoisotopic (exact) mass is 278 g/mol. The molecule has 4 nitrogen and oxygen atoms in total. The Morgan fingerprint density at radius 3 is 2.38 bits per heavy atom. The van der Waals surface area contributed by atoms with E-state index in [2.05, 4.69) is 5.10 Å². The fraction of sp³-hybridized carbons (Fsp3) is 0.0588. The van der Waals surface area contributed by atoms with Gasteiger partial charge in [-0.2, -0.15) is 5.10 Å². The molecule has 0 unspecified atom stereocenters. The molecule has 1 aromatic heterocycles. The predicted octanol–water partition coefficient (Wildman–Crippen LogP) is 3.23. The van der Waals surface area contributed by atoms with Crippen molar-refractivity contribution in [3.8, 4) is 5.69 Å². The summed E-state index contributed by atoms with van der Waals surface area (Å²) in [6.07, 6.45) is 3.55. The van der Waals surface area contributed by atoms with Gasteiger partial charge >= 0.3 is 5.97 Å². The zero-order valence-electron chi connectivity index (χ0n) is 11.3. The molecule has 0 saturated heterocycles. The van der Waals surface area contributed by atoms with Crippen LogP contribution in [0.15, 0.2) is 73.1 Å². The number of ether oxygens (including phenoxy) is 1. The first kappa shape index (κ1) is 13.1. The summed E-state index contributed by atoms with van der Waals surface area (Å²) in [5.74, 6) is -0.330. The lowest BCUT2D eigenvalue weighted by molar-refractivity contribution is 0.0472. The molecule has 0 fully saturated rings. The minimum atomic E-state index is -0.330. The summed E-state index contributed by atoms with van der Waals surface area (Å²) < 4.78 is 7.03. The molecular weight excluding hydrogens is 264 g/mol. The van der Waals surface area contributed by atoms with Crippen molar-refractivity contribution >= 4 is 5.97 Å². The van der Waals surface area contributed by atoms with E-state index in [1.165, 1.54) is 0 Å². The molecule has 3 aromatic rings. The van der Waals surface area contributed by atoms with Crippen LogP contribution >= 0.6 is 0 Å². The third-order valence-electron chi connectivity index (χ3n) is 3.04. The lowest BCUT2D eigenvalue weighted by atomic mass is 10.2. The Morgan fingerprint density at radius 2 is 1.67 bits per heavy atom. The zero-order valence-corrected chi connectivity index (χ0v) is 11.3. The lowest BCUT2D eigenvalue weighted by Crippen LogP contribution is -2.04. The molecule has 104 valence electrons. The minimum absolute atomic E-state index is 0.209. The fourth-order valence-corrected chi connectivity index (χ4v) is 1.96. The van der Waals surface area contributed by atoms with Gasteiger partial charge in [-0.3, -0.25) is 0 Å². The van der Waals surface area contributed by atoms with Gasteiger partial charge in [0.05, 0.1) is 17.4 Å². The van der Waals surface area contributed by atoms with Gasteiger partial charge in [0.15, 0.2) is 0 Å². The second-order valence-electron chi connectivity index (χ2n) is 4.57. The maximum atomic E-state index is 11.8. The zero-order chi connectivity index (χ0) is 14.5. The van der Waals surface area contributed by atoms with Gasteiger partial charge in [0, 0.05) is 11.8 Å². The van der Waals surface area contributed by atoms with Gasteiger partial charge in [-0.05, 0) is 24.3 Å². The number of para-hydroxylation sites is 1. The third kappa shape index (κ3) is 3.17. The van der Waals surface area contributed by atoms with Crippen molar-refractivity contribution in [1.29, 1.82) is 0 Å². The van der Waals surface area contributed by atoms with Crippen LogP contribution in [0.1, 0.15) is 15.9 Å². The van der Waals surface area contributed by atoms with Crippen molar-refractivity contribution in [3.05, 3.63) is 84.2 Å². The Bertz CT molecular complexity index is 721. The van der Waals surface area contributed by atoms with Crippen molar-refractivity contribution in [2.24, 2.45) is 0 Å². The number of benzene rings is 2. The van der Waals surface area contributed by atoms with Gasteiger partial charge in [0.25, 0.3) is 0 Å². The van der Waals surface area contributed by atoms with Gasteiger partial charge in [-0.1, -0.05) is 36.4 Å². The average Bonchev–Trinajstić information content (AvgIpc) is 3.03. The van der Waals surface area contributed by atoms with Crippen LogP contribution in [0.25, 0.3) is 5.69 Å². The second-order valence-corrected chi connectivity index (χ2v) is 4.57. The van der Waals surface area contributed by atoms with E-state index < -0.39 is 0 Å². The molecule has 0 saturated carbocycles. The number of carbonyl (C=O) groups excluding carboxylic acids is 1. The Kier molecular flexibility index (Phi) is 3.78. The number of aromatic nitrogens is 2. The van der Waals surface area contributed by atoms with E-state index in [4.69, 9.17) is 4.74 Å². The molecule has 0 spiro atoms. The molecular formula is C17H14N2O2. The highest BCUT2D eigenvalue weighted by Crippen LogP contribution is 2.09. The third-order valence-corrected chi connectivity index (χ3v) is 3.04. The molecule has 21 heavy (non-hydrogen) atoms. The molecule has 1 heterocycles. The fourth-order valence-electron chi connectivity index (χ4n) is 1.96. The van der Waals surface area contributed by atoms with Crippen LogP contribution in [0.2, 0.25) is 0 Å². The average molecular weight is 278 g/mol. The van der Waals surface area contributed by atoms with E-state index in [0.717, 1.165) is 11.3 Å². The molecule has 0 aliphatic heterocycles. The number of esters is 1. The van der Waals surface area contributed by atoms with Gasteiger partial charge in [-0.15, -0.1) is 0 Å². The van der Waals surface area contributed by atoms with Gasteiger partial charge in [0.2, 0.25) is 0 Å². The quantitative estimate of drug-likeness (QED) is 0.688. The molecule has 4 heteroatoms. The van der Waals surface area contributed by atoms with E-state index in [9.17, 15) is 4.79 Å². The van der Waals surface area contributed by atoms with Crippen LogP contribution in [0, 0.1) is 0 Å².